The van der Waals surface area contributed by atoms with Crippen molar-refractivity contribution in [3.63, 3.8) is 0 Å². The van der Waals surface area contributed by atoms with Crippen LogP contribution >= 0.6 is 0 Å². The third-order valence-electron chi connectivity index (χ3n) is 0. The number of hydrogen-bond donors (Lipinski definition) is 0. The van der Waals surface area contributed by atoms with Crippen LogP contribution in [0.1, 0.15) is 1.43 Å². The van der Waals surface area contributed by atoms with E-state index in [1.54, 1.807) is 0 Å². The Morgan fingerprint density at radius 3 is 0.462 bits per heavy atom. The third-order valence-corrected chi connectivity index (χ3v) is 0. The molecule has 0 aromatic rings. The van der Waals surface area contributed by atoms with Gasteiger partial charge in [-0.3, -0.25) is 0 Å². The van der Waals surface area contributed by atoms with Crippen molar-refractivity contribution in [1.82, 2.24) is 0 Å². The van der Waals surface area contributed by atoms with Gasteiger partial charge in [-0.15, -0.1) is 0 Å². The Hall–Kier alpha value is 1.19. The Balaban J connectivity index is -0.0000000270. The van der Waals surface area contributed by atoms with Crippen molar-refractivity contribution in [2.45, 2.75) is 58.9 Å². The van der Waals surface area contributed by atoms with Crippen molar-refractivity contribution >= 4 is 44.0 Å². The molecule has 0 bridgehead atoms. The summed E-state index contributed by atoms with van der Waals surface area (Å²) in [5, 5.41) is 0. The molecule has 0 fully saturated rings. The van der Waals surface area contributed by atoms with E-state index in [1.807, 2.05) is 0 Å². The average molecular weight is 293 g/mol. The third kappa shape index (κ3) is 1160. The summed E-state index contributed by atoms with van der Waals surface area (Å²) in [7, 11) is 0.361. The predicted molar refractivity (Wildman–Crippen MR) is 76.9 cm³/mol. The maximum atomic E-state index is 2.27. The number of rotatable bonds is 0. The van der Waals surface area contributed by atoms with Gasteiger partial charge < -0.3 is 1.43 Å². The van der Waals surface area contributed by atoms with Crippen LogP contribution in [0.2, 0.25) is 58.9 Å². The van der Waals surface area contributed by atoms with E-state index in [4.69, 9.17) is 0 Å². The fourth-order valence-electron chi connectivity index (χ4n) is 0. The Bertz CT molecular complexity index is 48.5. The van der Waals surface area contributed by atoms with Gasteiger partial charge in [0.2, 0.25) is 0 Å². The van der Waals surface area contributed by atoms with E-state index in [2.05, 4.69) is 58.9 Å². The molecular formula is C9H28GeSi3-. The predicted octanol–water partition coefficient (Wildman–Crippen LogP) is 3.84. The molecule has 0 atom stereocenters. The monoisotopic (exact) mass is 294 g/mol. The van der Waals surface area contributed by atoms with Gasteiger partial charge in [-0.05, 0) is 0 Å². The van der Waals surface area contributed by atoms with Crippen molar-refractivity contribution in [3.05, 3.63) is 0 Å². The Morgan fingerprint density at radius 1 is 0.462 bits per heavy atom. The molecule has 0 heterocycles. The van der Waals surface area contributed by atoms with Crippen LogP contribution in [0, 0.1) is 0 Å². The summed E-state index contributed by atoms with van der Waals surface area (Å²) in [6.07, 6.45) is 0. The summed E-state index contributed by atoms with van der Waals surface area (Å²) in [4.78, 5) is 0. The molecule has 0 saturated carbocycles. The molecule has 0 aromatic heterocycles. The van der Waals surface area contributed by atoms with Gasteiger partial charge in [0.25, 0.3) is 0 Å². The van der Waals surface area contributed by atoms with Gasteiger partial charge in [0.15, 0.2) is 0 Å². The molecule has 13 heavy (non-hydrogen) atoms. The first-order valence-corrected chi connectivity index (χ1v) is 13.5. The van der Waals surface area contributed by atoms with Crippen LogP contribution in [0.15, 0.2) is 0 Å². The van der Waals surface area contributed by atoms with Crippen molar-refractivity contribution in [1.29, 1.82) is 0 Å². The van der Waals surface area contributed by atoms with Gasteiger partial charge in [0, 0.05) is 44.0 Å². The van der Waals surface area contributed by atoms with Gasteiger partial charge >= 0.3 is 0 Å². The minimum atomic E-state index is 0. The normalized spacial score (nSPS) is 8.31. The standard InChI is InChI=1S/3C3H9Si.Ge.H/c3*1-4(2)3;;/h3*1-3H3;;/q;;;;-1. The fourth-order valence-corrected chi connectivity index (χ4v) is 0. The van der Waals surface area contributed by atoms with Crippen LogP contribution in [0.25, 0.3) is 0 Å². The summed E-state index contributed by atoms with van der Waals surface area (Å²) in [6, 6.07) is 0. The Kier molecular flexibility index (Phi) is 34.5. The first-order valence-electron chi connectivity index (χ1n) is 4.50. The van der Waals surface area contributed by atoms with Crippen molar-refractivity contribution in [3.8, 4) is 0 Å². The molecule has 0 aliphatic heterocycles. The molecule has 0 aromatic carbocycles. The maximum Gasteiger partial charge on any atom is 0.0379 e. The summed E-state index contributed by atoms with van der Waals surface area (Å²) in [5.74, 6) is 0. The van der Waals surface area contributed by atoms with Gasteiger partial charge in [-0.2, -0.15) is 0 Å². The Labute approximate surface area is 104 Å². The SMILES string of the molecule is C[Si](C)C.C[Si](C)C.C[Si](C)C.[Ge].[H-]. The summed E-state index contributed by atoms with van der Waals surface area (Å²) in [5.41, 5.74) is 0. The quantitative estimate of drug-likeness (QED) is 0.595. The van der Waals surface area contributed by atoms with Gasteiger partial charge in [-0.25, -0.2) is 0 Å². The van der Waals surface area contributed by atoms with Crippen LogP contribution < -0.4 is 0 Å². The maximum absolute atomic E-state index is 2.27. The van der Waals surface area contributed by atoms with E-state index in [-0.39, 0.29) is 45.4 Å². The second-order valence-electron chi connectivity index (χ2n) is 4.50. The van der Waals surface area contributed by atoms with Crippen LogP contribution in [-0.2, 0) is 0 Å². The zero-order chi connectivity index (χ0) is 10.7. The first-order chi connectivity index (χ1) is 5.20. The largest absolute Gasteiger partial charge is 1.00 e. The molecular weight excluding hydrogens is 265 g/mol. The second-order valence-corrected chi connectivity index (χ2v) is 13.5. The fraction of sp³-hybridized carbons (Fsp3) is 1.00. The molecule has 0 unspecified atom stereocenters. The zero-order valence-corrected chi connectivity index (χ0v) is 16.1. The van der Waals surface area contributed by atoms with Crippen molar-refractivity contribution < 1.29 is 1.43 Å². The molecule has 4 heteroatoms. The van der Waals surface area contributed by atoms with E-state index >= 15 is 0 Å². The van der Waals surface area contributed by atoms with Crippen LogP contribution in [0.5, 0.6) is 0 Å². The molecule has 7 radical (unpaired) electrons. The summed E-state index contributed by atoms with van der Waals surface area (Å²) < 4.78 is 0. The molecule has 0 spiro atoms. The number of hydrogen-bond acceptors (Lipinski definition) is 0. The topological polar surface area (TPSA) is 0 Å². The van der Waals surface area contributed by atoms with E-state index in [0.717, 1.165) is 0 Å². The Morgan fingerprint density at radius 2 is 0.462 bits per heavy atom. The second kappa shape index (κ2) is 18.9. The van der Waals surface area contributed by atoms with Gasteiger partial charge in [0.1, 0.15) is 0 Å². The average Bonchev–Trinajstić information content (AvgIpc) is 1.54. The van der Waals surface area contributed by atoms with E-state index in [9.17, 15) is 0 Å². The molecule has 0 aliphatic carbocycles. The minimum Gasteiger partial charge on any atom is -1.00 e. The van der Waals surface area contributed by atoms with Crippen molar-refractivity contribution in [2.24, 2.45) is 0 Å². The molecule has 0 N–H and O–H groups in total. The molecule has 0 aliphatic rings. The summed E-state index contributed by atoms with van der Waals surface area (Å²) >= 11 is 0. The molecule has 0 amide bonds. The molecule has 0 rings (SSSR count). The van der Waals surface area contributed by atoms with Gasteiger partial charge in [-0.1, -0.05) is 58.9 Å². The van der Waals surface area contributed by atoms with E-state index < -0.39 is 0 Å². The minimum absolute atomic E-state index is 0. The van der Waals surface area contributed by atoms with Crippen LogP contribution in [0.3, 0.4) is 0 Å². The van der Waals surface area contributed by atoms with E-state index in [1.165, 1.54) is 0 Å². The van der Waals surface area contributed by atoms with Crippen LogP contribution in [0.4, 0.5) is 0 Å². The molecule has 0 saturated heterocycles. The van der Waals surface area contributed by atoms with Crippen molar-refractivity contribution in [2.75, 3.05) is 0 Å². The van der Waals surface area contributed by atoms with Crippen LogP contribution in [-0.4, -0.2) is 44.0 Å². The zero-order valence-electron chi connectivity index (χ0n) is 12.0. The molecule has 0 nitrogen and oxygen atoms in total. The summed E-state index contributed by atoms with van der Waals surface area (Å²) in [6.45, 7) is 20.4. The van der Waals surface area contributed by atoms with E-state index in [0.29, 0.717) is 0 Å². The molecule has 81 valence electrons. The van der Waals surface area contributed by atoms with Gasteiger partial charge in [0.05, 0.1) is 0 Å². The smallest absolute Gasteiger partial charge is 0.0379 e. The first kappa shape index (κ1) is 23.8.